The van der Waals surface area contributed by atoms with Crippen LogP contribution in [0.15, 0.2) is 12.1 Å². The summed E-state index contributed by atoms with van der Waals surface area (Å²) >= 11 is 13.4. The van der Waals surface area contributed by atoms with Gasteiger partial charge in [-0.2, -0.15) is 0 Å². The number of halogens is 2. The van der Waals surface area contributed by atoms with Crippen LogP contribution in [0.1, 0.15) is 4.88 Å². The molecule has 3 rings (SSSR count). The molecule has 0 saturated carbocycles. The predicted molar refractivity (Wildman–Crippen MR) is 66.3 cm³/mol. The lowest BCUT2D eigenvalue weighted by atomic mass is 10.1. The average molecular weight is 273 g/mol. The Morgan fingerprint density at radius 3 is 3.00 bits per heavy atom. The Morgan fingerprint density at radius 2 is 2.19 bits per heavy atom. The second-order valence-electron chi connectivity index (χ2n) is 3.35. The van der Waals surface area contributed by atoms with Crippen molar-refractivity contribution in [1.29, 1.82) is 0 Å². The van der Waals surface area contributed by atoms with Gasteiger partial charge in [-0.3, -0.25) is 0 Å². The first-order valence-electron chi connectivity index (χ1n) is 4.53. The van der Waals surface area contributed by atoms with Crippen LogP contribution in [-0.4, -0.2) is 4.98 Å². The molecule has 1 aliphatic rings. The Labute approximate surface area is 106 Å². The minimum atomic E-state index is 0.427. The van der Waals surface area contributed by atoms with Gasteiger partial charge in [0.25, 0.3) is 0 Å². The number of fused-ring (bicyclic) bond motifs is 3. The number of aromatic nitrogens is 1. The number of thiazole rings is 1. The molecule has 0 radical (unpaired) electrons. The van der Waals surface area contributed by atoms with E-state index in [1.54, 1.807) is 6.07 Å². The number of ether oxygens (including phenoxy) is 1. The van der Waals surface area contributed by atoms with Gasteiger partial charge in [0.05, 0.1) is 15.6 Å². The molecule has 0 saturated heterocycles. The van der Waals surface area contributed by atoms with Crippen molar-refractivity contribution in [2.45, 2.75) is 6.61 Å². The number of nitrogens with two attached hydrogens (primary N) is 1. The van der Waals surface area contributed by atoms with Gasteiger partial charge in [-0.05, 0) is 12.1 Å². The SMILES string of the molecule is Nc1nc2c(s1)COc1c-2ccc(Cl)c1Cl. The number of nitrogen functional groups attached to an aromatic ring is 1. The zero-order valence-corrected chi connectivity index (χ0v) is 10.3. The van der Waals surface area contributed by atoms with E-state index in [1.807, 2.05) is 6.07 Å². The summed E-state index contributed by atoms with van der Waals surface area (Å²) in [5.74, 6) is 0.590. The zero-order chi connectivity index (χ0) is 11.3. The number of rotatable bonds is 0. The number of hydrogen-bond donors (Lipinski definition) is 1. The van der Waals surface area contributed by atoms with E-state index < -0.39 is 0 Å². The summed E-state index contributed by atoms with van der Waals surface area (Å²) in [6, 6.07) is 3.58. The lowest BCUT2D eigenvalue weighted by Gasteiger charge is -2.17. The monoisotopic (exact) mass is 272 g/mol. The third-order valence-corrected chi connectivity index (χ3v) is 4.01. The molecule has 0 spiro atoms. The zero-order valence-electron chi connectivity index (χ0n) is 7.96. The minimum Gasteiger partial charge on any atom is -0.486 e. The number of nitrogens with zero attached hydrogens (tertiary/aromatic N) is 1. The van der Waals surface area contributed by atoms with Crippen molar-refractivity contribution < 1.29 is 4.74 Å². The van der Waals surface area contributed by atoms with Gasteiger partial charge in [0.2, 0.25) is 0 Å². The van der Waals surface area contributed by atoms with Crippen LogP contribution in [-0.2, 0) is 6.61 Å². The fraction of sp³-hybridized carbons (Fsp3) is 0.100. The normalized spacial score (nSPS) is 12.9. The van der Waals surface area contributed by atoms with Crippen molar-refractivity contribution in [1.82, 2.24) is 4.98 Å². The number of anilines is 1. The highest BCUT2D eigenvalue weighted by Gasteiger charge is 2.24. The third kappa shape index (κ3) is 1.38. The summed E-state index contributed by atoms with van der Waals surface area (Å²) in [5, 5.41) is 1.44. The van der Waals surface area contributed by atoms with Crippen molar-refractivity contribution >= 4 is 39.7 Å². The van der Waals surface area contributed by atoms with E-state index in [0.717, 1.165) is 16.1 Å². The van der Waals surface area contributed by atoms with E-state index in [1.165, 1.54) is 11.3 Å². The first-order chi connectivity index (χ1) is 7.66. The molecule has 0 bridgehead atoms. The van der Waals surface area contributed by atoms with Gasteiger partial charge < -0.3 is 10.5 Å². The maximum absolute atomic E-state index is 6.07. The molecule has 0 aliphatic carbocycles. The Morgan fingerprint density at radius 1 is 1.38 bits per heavy atom. The highest BCUT2D eigenvalue weighted by Crippen LogP contribution is 2.46. The second-order valence-corrected chi connectivity index (χ2v) is 5.25. The van der Waals surface area contributed by atoms with E-state index in [-0.39, 0.29) is 0 Å². The molecule has 1 aliphatic heterocycles. The van der Waals surface area contributed by atoms with Gasteiger partial charge in [0.1, 0.15) is 17.4 Å². The summed E-state index contributed by atoms with van der Waals surface area (Å²) in [7, 11) is 0. The van der Waals surface area contributed by atoms with Gasteiger partial charge in [-0.25, -0.2) is 4.98 Å². The summed E-state index contributed by atoms with van der Waals surface area (Å²) in [4.78, 5) is 5.29. The largest absolute Gasteiger partial charge is 0.486 e. The molecule has 16 heavy (non-hydrogen) atoms. The second kappa shape index (κ2) is 3.52. The average Bonchev–Trinajstić information content (AvgIpc) is 2.63. The van der Waals surface area contributed by atoms with Crippen LogP contribution in [0.2, 0.25) is 10.0 Å². The summed E-state index contributed by atoms with van der Waals surface area (Å²) in [5.41, 5.74) is 7.38. The standard InChI is InChI=1S/C10H6Cl2N2OS/c11-5-2-1-4-8-6(16-10(13)14-8)3-15-9(4)7(5)12/h1-2H,3H2,(H2,13,14). The van der Waals surface area contributed by atoms with Gasteiger partial charge in [-0.1, -0.05) is 34.5 Å². The van der Waals surface area contributed by atoms with Gasteiger partial charge in [-0.15, -0.1) is 0 Å². The van der Waals surface area contributed by atoms with Crippen molar-refractivity contribution in [2.24, 2.45) is 0 Å². The van der Waals surface area contributed by atoms with Crippen molar-refractivity contribution in [3.8, 4) is 17.0 Å². The van der Waals surface area contributed by atoms with Crippen LogP contribution < -0.4 is 10.5 Å². The van der Waals surface area contributed by atoms with Gasteiger partial charge in [0, 0.05) is 5.56 Å². The Bertz CT molecular complexity index is 582. The molecule has 0 unspecified atom stereocenters. The highest BCUT2D eigenvalue weighted by molar-refractivity contribution is 7.15. The molecule has 2 heterocycles. The summed E-state index contributed by atoms with van der Waals surface area (Å²) in [6.45, 7) is 0.442. The van der Waals surface area contributed by atoms with E-state index in [2.05, 4.69) is 4.98 Å². The van der Waals surface area contributed by atoms with Crippen LogP contribution in [0.4, 0.5) is 5.13 Å². The molecule has 0 fully saturated rings. The summed E-state index contributed by atoms with van der Waals surface area (Å²) < 4.78 is 5.57. The van der Waals surface area contributed by atoms with Crippen molar-refractivity contribution in [2.75, 3.05) is 5.73 Å². The van der Waals surface area contributed by atoms with Crippen molar-refractivity contribution in [3.05, 3.63) is 27.1 Å². The van der Waals surface area contributed by atoms with Crippen molar-refractivity contribution in [3.63, 3.8) is 0 Å². The van der Waals surface area contributed by atoms with E-state index >= 15 is 0 Å². The van der Waals surface area contributed by atoms with Gasteiger partial charge >= 0.3 is 0 Å². The van der Waals surface area contributed by atoms with E-state index in [4.69, 9.17) is 33.7 Å². The molecular weight excluding hydrogens is 267 g/mol. The molecule has 6 heteroatoms. The fourth-order valence-corrected chi connectivity index (χ4v) is 2.80. The predicted octanol–water partition coefficient (Wildman–Crippen LogP) is 3.59. The maximum Gasteiger partial charge on any atom is 0.180 e. The van der Waals surface area contributed by atoms with Crippen LogP contribution in [0.3, 0.4) is 0 Å². The number of benzene rings is 1. The highest BCUT2D eigenvalue weighted by atomic mass is 35.5. The quantitative estimate of drug-likeness (QED) is 0.797. The molecule has 1 aromatic heterocycles. The third-order valence-electron chi connectivity index (χ3n) is 2.37. The first kappa shape index (κ1) is 10.2. The Hall–Kier alpha value is -0.970. The van der Waals surface area contributed by atoms with E-state index in [9.17, 15) is 0 Å². The molecule has 82 valence electrons. The molecule has 2 aromatic rings. The summed E-state index contributed by atoms with van der Waals surface area (Å²) in [6.07, 6.45) is 0. The number of hydrogen-bond acceptors (Lipinski definition) is 4. The lowest BCUT2D eigenvalue weighted by molar-refractivity contribution is 0.306. The molecule has 0 amide bonds. The molecular formula is C10H6Cl2N2OS. The Kier molecular flexibility index (Phi) is 2.24. The fourth-order valence-electron chi connectivity index (χ4n) is 1.68. The van der Waals surface area contributed by atoms with Gasteiger partial charge in [0.15, 0.2) is 5.13 Å². The van der Waals surface area contributed by atoms with E-state index in [0.29, 0.717) is 27.5 Å². The van der Waals surface area contributed by atoms with Crippen LogP contribution in [0.25, 0.3) is 11.3 Å². The first-order valence-corrected chi connectivity index (χ1v) is 6.10. The lowest BCUT2D eigenvalue weighted by Crippen LogP contribution is -2.03. The smallest absolute Gasteiger partial charge is 0.180 e. The molecule has 0 atom stereocenters. The van der Waals surface area contributed by atoms with Crippen LogP contribution >= 0.6 is 34.5 Å². The maximum atomic E-state index is 6.07. The minimum absolute atomic E-state index is 0.427. The van der Waals surface area contributed by atoms with Crippen LogP contribution in [0.5, 0.6) is 5.75 Å². The molecule has 1 aromatic carbocycles. The molecule has 2 N–H and O–H groups in total. The Balaban J connectivity index is 2.29. The van der Waals surface area contributed by atoms with Crippen LogP contribution in [0, 0.1) is 0 Å². The molecule has 3 nitrogen and oxygen atoms in total. The topological polar surface area (TPSA) is 48.1 Å².